The molecule has 0 aliphatic heterocycles. The van der Waals surface area contributed by atoms with Crippen LogP contribution in [0.2, 0.25) is 0 Å². The summed E-state index contributed by atoms with van der Waals surface area (Å²) in [6.07, 6.45) is 0.505. The number of nitrogens with one attached hydrogen (secondary N) is 2. The number of urea groups is 1. The summed E-state index contributed by atoms with van der Waals surface area (Å²) in [4.78, 5) is 23.1. The number of amides is 2. The van der Waals surface area contributed by atoms with Gasteiger partial charge in [-0.05, 0) is 46.6 Å². The number of rotatable bonds is 5. The predicted molar refractivity (Wildman–Crippen MR) is 91.4 cm³/mol. The highest BCUT2D eigenvalue weighted by Gasteiger charge is 2.25. The number of para-hydroxylation sites is 1. The lowest BCUT2D eigenvalue weighted by Gasteiger charge is -2.23. The number of anilines is 1. The first kappa shape index (κ1) is 17.7. The summed E-state index contributed by atoms with van der Waals surface area (Å²) in [6, 6.07) is 7.01. The lowest BCUT2D eigenvalue weighted by molar-refractivity contribution is -0.142. The highest BCUT2D eigenvalue weighted by Crippen LogP contribution is 2.24. The highest BCUT2D eigenvalue weighted by atomic mass is 127. The normalized spacial score (nSPS) is 12.6. The number of carbonyl (C=O) groups excluding carboxylic acids is 1. The molecule has 1 aromatic rings. The molecule has 1 aromatic carbocycles. The van der Waals surface area contributed by atoms with Crippen LogP contribution in [-0.4, -0.2) is 23.7 Å². The van der Waals surface area contributed by atoms with E-state index in [1.807, 2.05) is 39.0 Å². The molecule has 2 amide bonds. The summed E-state index contributed by atoms with van der Waals surface area (Å²) in [5, 5.41) is 14.6. The van der Waals surface area contributed by atoms with Gasteiger partial charge in [0.05, 0.1) is 11.6 Å². The molecule has 0 fully saturated rings. The fourth-order valence-electron chi connectivity index (χ4n) is 1.93. The van der Waals surface area contributed by atoms with Crippen molar-refractivity contribution in [2.45, 2.75) is 27.2 Å². The van der Waals surface area contributed by atoms with E-state index < -0.39 is 11.9 Å². The molecule has 6 heteroatoms. The van der Waals surface area contributed by atoms with Crippen LogP contribution in [0.1, 0.15) is 27.2 Å². The van der Waals surface area contributed by atoms with Crippen LogP contribution >= 0.6 is 22.6 Å². The highest BCUT2D eigenvalue weighted by molar-refractivity contribution is 14.1. The molecule has 0 aliphatic carbocycles. The van der Waals surface area contributed by atoms with Crippen molar-refractivity contribution in [2.75, 3.05) is 11.9 Å². The second-order valence-electron chi connectivity index (χ2n) is 6.11. The zero-order valence-corrected chi connectivity index (χ0v) is 14.6. The third kappa shape index (κ3) is 6.79. The number of aliphatic carboxylic acids is 1. The van der Waals surface area contributed by atoms with Crippen molar-refractivity contribution >= 4 is 40.3 Å². The van der Waals surface area contributed by atoms with Gasteiger partial charge in [-0.15, -0.1) is 0 Å². The van der Waals surface area contributed by atoms with E-state index in [0.29, 0.717) is 12.1 Å². The van der Waals surface area contributed by atoms with Crippen LogP contribution in [0, 0.1) is 14.9 Å². The molecular formula is C15H21IN2O3. The zero-order chi connectivity index (χ0) is 16.0. The number of benzene rings is 1. The molecule has 0 saturated heterocycles. The fourth-order valence-corrected chi connectivity index (χ4v) is 2.45. The molecule has 116 valence electrons. The minimum absolute atomic E-state index is 0.101. The van der Waals surface area contributed by atoms with Gasteiger partial charge in [0, 0.05) is 10.1 Å². The molecule has 0 aliphatic rings. The summed E-state index contributed by atoms with van der Waals surface area (Å²) in [5.41, 5.74) is 0.606. The van der Waals surface area contributed by atoms with Crippen LogP contribution in [0.15, 0.2) is 24.3 Å². The van der Waals surface area contributed by atoms with Crippen molar-refractivity contribution in [2.24, 2.45) is 11.3 Å². The number of hydrogen-bond acceptors (Lipinski definition) is 2. The molecule has 1 rings (SSSR count). The topological polar surface area (TPSA) is 78.4 Å². The Hall–Kier alpha value is -1.31. The van der Waals surface area contributed by atoms with Gasteiger partial charge in [0.1, 0.15) is 0 Å². The van der Waals surface area contributed by atoms with Crippen molar-refractivity contribution in [3.05, 3.63) is 27.8 Å². The van der Waals surface area contributed by atoms with E-state index in [1.165, 1.54) is 0 Å². The maximum absolute atomic E-state index is 11.8. The van der Waals surface area contributed by atoms with Crippen molar-refractivity contribution in [3.8, 4) is 0 Å². The molecule has 0 bridgehead atoms. The van der Waals surface area contributed by atoms with E-state index in [2.05, 4.69) is 33.2 Å². The van der Waals surface area contributed by atoms with Gasteiger partial charge in [0.25, 0.3) is 0 Å². The van der Waals surface area contributed by atoms with E-state index in [9.17, 15) is 14.7 Å². The maximum atomic E-state index is 11.8. The SMILES string of the molecule is CC(C)(C)CC(CNC(=O)Nc1ccccc1I)C(=O)O. The van der Waals surface area contributed by atoms with E-state index in [0.717, 1.165) is 3.57 Å². The Morgan fingerprint density at radius 1 is 1.29 bits per heavy atom. The first-order chi connectivity index (χ1) is 9.69. The average Bonchev–Trinajstić information content (AvgIpc) is 2.35. The first-order valence-electron chi connectivity index (χ1n) is 6.71. The van der Waals surface area contributed by atoms with Gasteiger partial charge < -0.3 is 15.7 Å². The Bertz CT molecular complexity index is 512. The van der Waals surface area contributed by atoms with Crippen LogP contribution in [0.3, 0.4) is 0 Å². The van der Waals surface area contributed by atoms with Gasteiger partial charge in [-0.25, -0.2) is 4.79 Å². The maximum Gasteiger partial charge on any atom is 0.319 e. The van der Waals surface area contributed by atoms with Gasteiger partial charge in [0.2, 0.25) is 0 Å². The number of carboxylic acids is 1. The second kappa shape index (κ2) is 7.63. The standard InChI is InChI=1S/C15H21IN2O3/c1-15(2,3)8-10(13(19)20)9-17-14(21)18-12-7-5-4-6-11(12)16/h4-7,10H,8-9H2,1-3H3,(H,19,20)(H2,17,18,21). The van der Waals surface area contributed by atoms with E-state index >= 15 is 0 Å². The summed E-state index contributed by atoms with van der Waals surface area (Å²) in [7, 11) is 0. The Morgan fingerprint density at radius 2 is 1.90 bits per heavy atom. The van der Waals surface area contributed by atoms with Gasteiger partial charge in [-0.2, -0.15) is 0 Å². The molecule has 0 saturated carbocycles. The van der Waals surface area contributed by atoms with Gasteiger partial charge >= 0.3 is 12.0 Å². The number of halogens is 1. The molecule has 1 atom stereocenters. The second-order valence-corrected chi connectivity index (χ2v) is 7.28. The average molecular weight is 404 g/mol. The molecule has 21 heavy (non-hydrogen) atoms. The molecule has 0 spiro atoms. The van der Waals surface area contributed by atoms with Crippen LogP contribution in [-0.2, 0) is 4.79 Å². The van der Waals surface area contributed by atoms with Crippen LogP contribution in [0.4, 0.5) is 10.5 Å². The molecule has 5 nitrogen and oxygen atoms in total. The fraction of sp³-hybridized carbons (Fsp3) is 0.467. The van der Waals surface area contributed by atoms with Crippen LogP contribution < -0.4 is 10.6 Å². The summed E-state index contributed by atoms with van der Waals surface area (Å²) < 4.78 is 0.926. The van der Waals surface area contributed by atoms with Crippen molar-refractivity contribution < 1.29 is 14.7 Å². The van der Waals surface area contributed by atoms with E-state index in [4.69, 9.17) is 0 Å². The van der Waals surface area contributed by atoms with E-state index in [1.54, 1.807) is 6.07 Å². The lowest BCUT2D eigenvalue weighted by Crippen LogP contribution is -2.37. The number of carbonyl (C=O) groups is 2. The Labute approximate surface area is 138 Å². The third-order valence-corrected chi connectivity index (χ3v) is 3.78. The molecule has 0 heterocycles. The van der Waals surface area contributed by atoms with Crippen molar-refractivity contribution in [3.63, 3.8) is 0 Å². The van der Waals surface area contributed by atoms with Crippen molar-refractivity contribution in [1.82, 2.24) is 5.32 Å². The third-order valence-electron chi connectivity index (χ3n) is 2.84. The van der Waals surface area contributed by atoms with Gasteiger partial charge in [-0.1, -0.05) is 32.9 Å². The van der Waals surface area contributed by atoms with Crippen LogP contribution in [0.25, 0.3) is 0 Å². The van der Waals surface area contributed by atoms with Crippen molar-refractivity contribution in [1.29, 1.82) is 0 Å². The summed E-state index contributed by atoms with van der Waals surface area (Å²) >= 11 is 2.13. The zero-order valence-electron chi connectivity index (χ0n) is 12.4. The molecule has 3 N–H and O–H groups in total. The smallest absolute Gasteiger partial charge is 0.319 e. The van der Waals surface area contributed by atoms with Crippen LogP contribution in [0.5, 0.6) is 0 Å². The first-order valence-corrected chi connectivity index (χ1v) is 7.79. The number of carboxylic acid groups (broad SMARTS) is 1. The molecule has 0 radical (unpaired) electrons. The Balaban J connectivity index is 2.54. The lowest BCUT2D eigenvalue weighted by atomic mass is 9.84. The Morgan fingerprint density at radius 3 is 2.43 bits per heavy atom. The summed E-state index contributed by atoms with van der Waals surface area (Å²) in [5.74, 6) is -1.48. The number of hydrogen-bond donors (Lipinski definition) is 3. The molecule has 1 unspecified atom stereocenters. The molecular weight excluding hydrogens is 383 g/mol. The molecule has 0 aromatic heterocycles. The quantitative estimate of drug-likeness (QED) is 0.657. The van der Waals surface area contributed by atoms with E-state index in [-0.39, 0.29) is 18.0 Å². The minimum Gasteiger partial charge on any atom is -0.481 e. The predicted octanol–water partition coefficient (Wildman–Crippen LogP) is 3.55. The monoisotopic (exact) mass is 404 g/mol. The summed E-state index contributed by atoms with van der Waals surface area (Å²) in [6.45, 7) is 6.06. The van der Waals surface area contributed by atoms with Gasteiger partial charge in [0.15, 0.2) is 0 Å². The minimum atomic E-state index is -0.889. The largest absolute Gasteiger partial charge is 0.481 e. The Kier molecular flexibility index (Phi) is 6.44. The van der Waals surface area contributed by atoms with Gasteiger partial charge in [-0.3, -0.25) is 4.79 Å².